The first-order valence-corrected chi connectivity index (χ1v) is 11.2. The van der Waals surface area contributed by atoms with Crippen LogP contribution in [0.5, 0.6) is 5.75 Å². The Kier molecular flexibility index (Phi) is 6.80. The van der Waals surface area contributed by atoms with Gasteiger partial charge in [-0.3, -0.25) is 14.2 Å². The lowest BCUT2D eigenvalue weighted by Crippen LogP contribution is -2.44. The van der Waals surface area contributed by atoms with E-state index in [-0.39, 0.29) is 17.9 Å². The Labute approximate surface area is 197 Å². The van der Waals surface area contributed by atoms with Crippen LogP contribution in [0.15, 0.2) is 47.0 Å². The topological polar surface area (TPSA) is 105 Å². The van der Waals surface area contributed by atoms with Crippen LogP contribution in [0.1, 0.15) is 29.8 Å². The molecule has 34 heavy (non-hydrogen) atoms. The van der Waals surface area contributed by atoms with Gasteiger partial charge in [0, 0.05) is 38.3 Å². The van der Waals surface area contributed by atoms with E-state index in [0.29, 0.717) is 40.3 Å². The summed E-state index contributed by atoms with van der Waals surface area (Å²) in [6, 6.07) is 9.10. The number of fused-ring (bicyclic) bond motifs is 1. The van der Waals surface area contributed by atoms with Crippen molar-refractivity contribution in [3.63, 3.8) is 0 Å². The number of allylic oxidation sites excluding steroid dienone is 2. The minimum atomic E-state index is -0.346. The first-order chi connectivity index (χ1) is 16.4. The Morgan fingerprint density at radius 2 is 2.06 bits per heavy atom. The number of carbonyl (C=O) groups is 1. The number of carbonyl (C=O) groups excluding carboxylic acids is 1. The lowest BCUT2D eigenvalue weighted by molar-refractivity contribution is 0.0970. The third kappa shape index (κ3) is 4.45. The van der Waals surface area contributed by atoms with Crippen LogP contribution in [0.4, 0.5) is 5.82 Å². The Balaban J connectivity index is 1.84. The molecule has 2 aromatic heterocycles. The van der Waals surface area contributed by atoms with Crippen molar-refractivity contribution < 1.29 is 9.53 Å². The summed E-state index contributed by atoms with van der Waals surface area (Å²) in [7, 11) is 1.54. The summed E-state index contributed by atoms with van der Waals surface area (Å²) in [6.07, 6.45) is 3.38. The maximum atomic E-state index is 13.6. The second-order valence-electron chi connectivity index (χ2n) is 8.47. The number of methoxy groups -OCH3 is 1. The summed E-state index contributed by atoms with van der Waals surface area (Å²) in [4.78, 5) is 33.1. The van der Waals surface area contributed by atoms with Gasteiger partial charge in [-0.05, 0) is 26.0 Å². The third-order valence-electron chi connectivity index (χ3n) is 5.92. The van der Waals surface area contributed by atoms with E-state index in [1.807, 2.05) is 24.5 Å². The zero-order chi connectivity index (χ0) is 24.2. The third-order valence-corrected chi connectivity index (χ3v) is 5.92. The SMILES string of the molecule is COc1cccc(C(=O)Cn2cnc3c(C#N)c(N4CCNCC4)n(CC=C(C)C)c3c2=O)c1. The molecule has 0 amide bonds. The van der Waals surface area contributed by atoms with Gasteiger partial charge in [0.05, 0.1) is 20.0 Å². The lowest BCUT2D eigenvalue weighted by atomic mass is 10.1. The fourth-order valence-corrected chi connectivity index (χ4v) is 4.17. The van der Waals surface area contributed by atoms with Gasteiger partial charge in [0.2, 0.25) is 0 Å². The molecule has 0 saturated carbocycles. The average molecular weight is 461 g/mol. The molecular formula is C25H28N6O3. The molecule has 9 heteroatoms. The summed E-state index contributed by atoms with van der Waals surface area (Å²) >= 11 is 0. The molecule has 0 unspecified atom stereocenters. The summed E-state index contributed by atoms with van der Waals surface area (Å²) in [5, 5.41) is 13.3. The monoisotopic (exact) mass is 460 g/mol. The first kappa shape index (κ1) is 23.3. The molecule has 1 aromatic carbocycles. The molecule has 4 rings (SSSR count). The van der Waals surface area contributed by atoms with E-state index in [0.717, 1.165) is 31.8 Å². The molecule has 3 aromatic rings. The molecule has 0 bridgehead atoms. The Hall–Kier alpha value is -3.90. The van der Waals surface area contributed by atoms with Crippen LogP contribution in [-0.4, -0.2) is 53.2 Å². The first-order valence-electron chi connectivity index (χ1n) is 11.2. The Morgan fingerprint density at radius 3 is 2.74 bits per heavy atom. The highest BCUT2D eigenvalue weighted by atomic mass is 16.5. The maximum Gasteiger partial charge on any atom is 0.278 e. The van der Waals surface area contributed by atoms with Crippen molar-refractivity contribution in [3.05, 3.63) is 63.7 Å². The predicted octanol–water partition coefficient (Wildman–Crippen LogP) is 2.34. The lowest BCUT2D eigenvalue weighted by Gasteiger charge is -2.30. The number of nitrogens with one attached hydrogen (secondary N) is 1. The molecule has 0 atom stereocenters. The summed E-state index contributed by atoms with van der Waals surface area (Å²) in [6.45, 7) is 7.29. The number of ether oxygens (including phenoxy) is 1. The molecule has 0 radical (unpaired) electrons. The van der Waals surface area contributed by atoms with Crippen molar-refractivity contribution in [2.45, 2.75) is 26.9 Å². The number of rotatable bonds is 7. The van der Waals surface area contributed by atoms with Gasteiger partial charge in [-0.25, -0.2) is 4.98 Å². The molecule has 0 spiro atoms. The van der Waals surface area contributed by atoms with E-state index in [2.05, 4.69) is 21.3 Å². The van der Waals surface area contributed by atoms with E-state index in [1.54, 1.807) is 24.3 Å². The van der Waals surface area contributed by atoms with E-state index in [4.69, 9.17) is 4.74 Å². The normalized spacial score (nSPS) is 13.5. The number of hydrogen-bond donors (Lipinski definition) is 1. The highest BCUT2D eigenvalue weighted by Gasteiger charge is 2.26. The van der Waals surface area contributed by atoms with Crippen LogP contribution < -0.4 is 20.5 Å². The van der Waals surface area contributed by atoms with Crippen LogP contribution >= 0.6 is 0 Å². The second-order valence-corrected chi connectivity index (χ2v) is 8.47. The van der Waals surface area contributed by atoms with E-state index >= 15 is 0 Å². The molecule has 3 heterocycles. The minimum absolute atomic E-state index is 0.159. The van der Waals surface area contributed by atoms with E-state index < -0.39 is 0 Å². The van der Waals surface area contributed by atoms with E-state index in [1.165, 1.54) is 18.0 Å². The van der Waals surface area contributed by atoms with Crippen LogP contribution in [0, 0.1) is 11.3 Å². The Morgan fingerprint density at radius 1 is 1.29 bits per heavy atom. The number of aromatic nitrogens is 3. The molecule has 1 fully saturated rings. The van der Waals surface area contributed by atoms with Crippen molar-refractivity contribution in [1.82, 2.24) is 19.4 Å². The van der Waals surface area contributed by atoms with Crippen LogP contribution in [0.3, 0.4) is 0 Å². The maximum absolute atomic E-state index is 13.6. The minimum Gasteiger partial charge on any atom is -0.497 e. The van der Waals surface area contributed by atoms with Crippen molar-refractivity contribution >= 4 is 22.6 Å². The molecule has 1 saturated heterocycles. The number of nitriles is 1. The highest BCUT2D eigenvalue weighted by Crippen LogP contribution is 2.30. The van der Waals surface area contributed by atoms with Crippen LogP contribution in [0.2, 0.25) is 0 Å². The summed E-state index contributed by atoms with van der Waals surface area (Å²) in [5.74, 6) is 1.05. The fraction of sp³-hybridized carbons (Fsp3) is 0.360. The van der Waals surface area contributed by atoms with Gasteiger partial charge in [-0.1, -0.05) is 23.8 Å². The van der Waals surface area contributed by atoms with Crippen molar-refractivity contribution in [2.24, 2.45) is 0 Å². The van der Waals surface area contributed by atoms with Crippen molar-refractivity contribution in [3.8, 4) is 11.8 Å². The summed E-state index contributed by atoms with van der Waals surface area (Å²) in [5.41, 5.74) is 2.30. The molecule has 1 aliphatic heterocycles. The molecule has 9 nitrogen and oxygen atoms in total. The number of Topliss-reactive ketones (excluding diaryl/α,β-unsaturated/α-hetero) is 1. The zero-order valence-corrected chi connectivity index (χ0v) is 19.7. The molecule has 176 valence electrons. The van der Waals surface area contributed by atoms with Gasteiger partial charge in [0.25, 0.3) is 5.56 Å². The number of ketones is 1. The van der Waals surface area contributed by atoms with E-state index in [9.17, 15) is 14.9 Å². The van der Waals surface area contributed by atoms with Gasteiger partial charge in [0.15, 0.2) is 5.78 Å². The highest BCUT2D eigenvalue weighted by molar-refractivity contribution is 5.96. The number of nitrogens with zero attached hydrogens (tertiary/aromatic N) is 5. The van der Waals surface area contributed by atoms with Gasteiger partial charge >= 0.3 is 0 Å². The number of anilines is 1. The smallest absolute Gasteiger partial charge is 0.278 e. The standard InChI is InChI=1S/C25H28N6O3/c1-17(2)7-10-31-23-22(20(14-26)24(31)29-11-8-27-9-12-29)28-16-30(25(23)33)15-21(32)18-5-4-6-19(13-18)34-3/h4-7,13,16,27H,8-12,15H2,1-3H3. The predicted molar refractivity (Wildman–Crippen MR) is 131 cm³/mol. The largest absolute Gasteiger partial charge is 0.497 e. The summed E-state index contributed by atoms with van der Waals surface area (Å²) < 4.78 is 8.38. The quantitative estimate of drug-likeness (QED) is 0.426. The van der Waals surface area contributed by atoms with Gasteiger partial charge in [-0.15, -0.1) is 0 Å². The second kappa shape index (κ2) is 9.93. The Bertz CT molecular complexity index is 1350. The molecule has 0 aliphatic carbocycles. The fourth-order valence-electron chi connectivity index (χ4n) is 4.17. The van der Waals surface area contributed by atoms with Crippen LogP contribution in [0.25, 0.3) is 11.0 Å². The average Bonchev–Trinajstić information content (AvgIpc) is 3.18. The van der Waals surface area contributed by atoms with Gasteiger partial charge < -0.3 is 19.5 Å². The van der Waals surface area contributed by atoms with Gasteiger partial charge in [-0.2, -0.15) is 5.26 Å². The van der Waals surface area contributed by atoms with Gasteiger partial charge in [0.1, 0.15) is 34.2 Å². The zero-order valence-electron chi connectivity index (χ0n) is 19.7. The number of piperazine rings is 1. The van der Waals surface area contributed by atoms with Crippen molar-refractivity contribution in [1.29, 1.82) is 5.26 Å². The van der Waals surface area contributed by atoms with Crippen molar-refractivity contribution in [2.75, 3.05) is 38.2 Å². The molecular weight excluding hydrogens is 432 g/mol. The number of benzene rings is 1. The molecule has 1 aliphatic rings. The molecule has 1 N–H and O–H groups in total. The van der Waals surface area contributed by atoms with Crippen LogP contribution in [-0.2, 0) is 13.1 Å². The number of hydrogen-bond acceptors (Lipinski definition) is 7.